The molecule has 14 heavy (non-hydrogen) atoms. The monoisotopic (exact) mass is 270 g/mol. The van der Waals surface area contributed by atoms with E-state index in [9.17, 15) is 4.39 Å². The van der Waals surface area contributed by atoms with Gasteiger partial charge in [0.05, 0.1) is 6.61 Å². The Morgan fingerprint density at radius 1 is 1.50 bits per heavy atom. The van der Waals surface area contributed by atoms with E-state index >= 15 is 0 Å². The largest absolute Gasteiger partial charge is 2.00 e. The van der Waals surface area contributed by atoms with E-state index < -0.39 is 0 Å². The number of hydrogen-bond donors (Lipinski definition) is 0. The van der Waals surface area contributed by atoms with Gasteiger partial charge in [0.15, 0.2) is 0 Å². The van der Waals surface area contributed by atoms with E-state index in [-0.39, 0.29) is 45.9 Å². The first kappa shape index (κ1) is 16.6. The molecule has 0 atom stereocenters. The van der Waals surface area contributed by atoms with Crippen molar-refractivity contribution in [1.82, 2.24) is 0 Å². The molecule has 1 aromatic rings. The van der Waals surface area contributed by atoms with Crippen molar-refractivity contribution < 1.29 is 26.1 Å². The van der Waals surface area contributed by atoms with Crippen molar-refractivity contribution in [3.8, 4) is 5.75 Å². The van der Waals surface area contributed by atoms with Crippen LogP contribution in [0.3, 0.4) is 0 Å². The van der Waals surface area contributed by atoms with Gasteiger partial charge in [-0.15, -0.1) is 12.1 Å². The van der Waals surface area contributed by atoms with Crippen LogP contribution in [-0.2, 0) is 0 Å². The van der Waals surface area contributed by atoms with Gasteiger partial charge >= 0.3 is 23.1 Å². The van der Waals surface area contributed by atoms with Crippen LogP contribution < -0.4 is 21.7 Å². The van der Waals surface area contributed by atoms with Crippen molar-refractivity contribution in [2.45, 2.75) is 19.8 Å². The minimum Gasteiger partial charge on any atom is -1.00 e. The molecule has 0 bridgehead atoms. The molecule has 74 valence electrons. The standard InChI is InChI=1S/C10H12FO.BrH.Mg/c1-2-3-8-12-10-7-5-4-6-9(10)11;;/h5-7H,2-3,8H2,1H3;1H;/q-1;;+2/p-1. The third-order valence-electron chi connectivity index (χ3n) is 1.53. The van der Waals surface area contributed by atoms with E-state index in [4.69, 9.17) is 4.74 Å². The Morgan fingerprint density at radius 2 is 2.21 bits per heavy atom. The summed E-state index contributed by atoms with van der Waals surface area (Å²) in [6.07, 6.45) is 2.01. The minimum absolute atomic E-state index is 0. The van der Waals surface area contributed by atoms with Crippen molar-refractivity contribution >= 4 is 23.1 Å². The fourth-order valence-corrected chi connectivity index (χ4v) is 0.839. The van der Waals surface area contributed by atoms with Gasteiger partial charge in [0, 0.05) is 11.6 Å². The molecule has 0 aliphatic carbocycles. The average Bonchev–Trinajstić information content (AvgIpc) is 2.09. The molecule has 0 radical (unpaired) electrons. The summed E-state index contributed by atoms with van der Waals surface area (Å²) in [6.45, 7) is 2.65. The van der Waals surface area contributed by atoms with Crippen molar-refractivity contribution in [2.24, 2.45) is 0 Å². The maximum Gasteiger partial charge on any atom is 2.00 e. The van der Waals surface area contributed by atoms with E-state index in [0.29, 0.717) is 12.4 Å². The van der Waals surface area contributed by atoms with Crippen molar-refractivity contribution in [3.63, 3.8) is 0 Å². The number of rotatable bonds is 4. The molecule has 1 nitrogen and oxygen atoms in total. The summed E-state index contributed by atoms with van der Waals surface area (Å²) in [5.41, 5.74) is 0. The predicted molar refractivity (Wildman–Crippen MR) is 51.4 cm³/mol. The molecule has 0 spiro atoms. The molecule has 0 fully saturated rings. The first-order valence-corrected chi connectivity index (χ1v) is 4.13. The molecule has 0 N–H and O–H groups in total. The van der Waals surface area contributed by atoms with Gasteiger partial charge in [-0.1, -0.05) is 13.3 Å². The zero-order valence-corrected chi connectivity index (χ0v) is 11.2. The van der Waals surface area contributed by atoms with Crippen LogP contribution in [0.1, 0.15) is 19.8 Å². The van der Waals surface area contributed by atoms with Gasteiger partial charge in [0.2, 0.25) is 0 Å². The molecule has 1 aromatic carbocycles. The van der Waals surface area contributed by atoms with Crippen LogP contribution in [0.5, 0.6) is 5.75 Å². The fourth-order valence-electron chi connectivity index (χ4n) is 0.839. The Kier molecular flexibility index (Phi) is 11.6. The van der Waals surface area contributed by atoms with E-state index in [0.717, 1.165) is 12.8 Å². The molecule has 0 aliphatic rings. The summed E-state index contributed by atoms with van der Waals surface area (Å²) in [4.78, 5) is 0. The zero-order valence-electron chi connectivity index (χ0n) is 8.22. The maximum absolute atomic E-state index is 12.9. The molecular weight excluding hydrogens is 259 g/mol. The molecule has 0 heterocycles. The summed E-state index contributed by atoms with van der Waals surface area (Å²) in [6, 6.07) is 7.15. The van der Waals surface area contributed by atoms with Gasteiger partial charge < -0.3 is 21.7 Å². The number of unbranched alkanes of at least 4 members (excludes halogenated alkanes) is 1. The summed E-state index contributed by atoms with van der Waals surface area (Å²) < 4.78 is 18.0. The third-order valence-corrected chi connectivity index (χ3v) is 1.53. The number of halogens is 2. The molecule has 0 saturated carbocycles. The van der Waals surface area contributed by atoms with Crippen molar-refractivity contribution in [2.75, 3.05) is 6.61 Å². The Balaban J connectivity index is 0. The minimum atomic E-state index is -0.339. The quantitative estimate of drug-likeness (QED) is 0.405. The number of hydrogen-bond acceptors (Lipinski definition) is 1. The topological polar surface area (TPSA) is 9.23 Å². The smallest absolute Gasteiger partial charge is 1.00 e. The molecule has 0 amide bonds. The first-order valence-electron chi connectivity index (χ1n) is 4.13. The van der Waals surface area contributed by atoms with Crippen LogP contribution in [0.2, 0.25) is 0 Å². The van der Waals surface area contributed by atoms with Gasteiger partial charge in [-0.2, -0.15) is 12.1 Å². The van der Waals surface area contributed by atoms with Crippen LogP contribution in [0.15, 0.2) is 18.2 Å². The van der Waals surface area contributed by atoms with Crippen LogP contribution in [-0.4, -0.2) is 29.7 Å². The fraction of sp³-hybridized carbons (Fsp3) is 0.400. The maximum atomic E-state index is 12.9. The van der Waals surface area contributed by atoms with Gasteiger partial charge in [0.1, 0.15) is 0 Å². The molecular formula is C10H12BrFMgO. The second-order valence-electron chi connectivity index (χ2n) is 2.56. The Bertz CT molecular complexity index is 245. The Hall–Kier alpha value is 0.196. The Morgan fingerprint density at radius 3 is 2.79 bits per heavy atom. The van der Waals surface area contributed by atoms with E-state index in [2.05, 4.69) is 13.0 Å². The molecule has 1 rings (SSSR count). The second-order valence-corrected chi connectivity index (χ2v) is 2.56. The summed E-state index contributed by atoms with van der Waals surface area (Å²) >= 11 is 0. The van der Waals surface area contributed by atoms with E-state index in [1.807, 2.05) is 0 Å². The molecule has 0 aliphatic heterocycles. The summed E-state index contributed by atoms with van der Waals surface area (Å²) in [5, 5.41) is 0. The summed E-state index contributed by atoms with van der Waals surface area (Å²) in [5.74, 6) is -0.0178. The second kappa shape index (κ2) is 9.74. The van der Waals surface area contributed by atoms with Crippen LogP contribution in [0.25, 0.3) is 0 Å². The van der Waals surface area contributed by atoms with E-state index in [1.165, 1.54) is 6.07 Å². The van der Waals surface area contributed by atoms with Crippen molar-refractivity contribution in [3.05, 3.63) is 30.1 Å². The van der Waals surface area contributed by atoms with Crippen LogP contribution in [0, 0.1) is 11.9 Å². The van der Waals surface area contributed by atoms with Gasteiger partial charge in [-0.25, -0.2) is 0 Å². The van der Waals surface area contributed by atoms with Gasteiger partial charge in [0.25, 0.3) is 0 Å². The average molecular weight is 271 g/mol. The van der Waals surface area contributed by atoms with Gasteiger partial charge in [-0.3, -0.25) is 4.39 Å². The SMILES string of the molecule is CCCCOc1cc[c-]cc1F.[Br-].[Mg+2]. The van der Waals surface area contributed by atoms with Crippen molar-refractivity contribution in [1.29, 1.82) is 0 Å². The third kappa shape index (κ3) is 5.83. The molecule has 0 unspecified atom stereocenters. The Labute approximate surface area is 111 Å². The molecule has 4 heteroatoms. The van der Waals surface area contributed by atoms with Gasteiger partial charge in [-0.05, 0) is 6.42 Å². The van der Waals surface area contributed by atoms with Crippen LogP contribution >= 0.6 is 0 Å². The normalized spacial score (nSPS) is 8.43. The summed E-state index contributed by atoms with van der Waals surface area (Å²) in [7, 11) is 0. The van der Waals surface area contributed by atoms with Crippen LogP contribution in [0.4, 0.5) is 4.39 Å². The predicted octanol–water partition coefficient (Wildman–Crippen LogP) is -0.572. The number of ether oxygens (including phenoxy) is 1. The molecule has 0 aromatic heterocycles. The van der Waals surface area contributed by atoms with E-state index in [1.54, 1.807) is 12.1 Å². The molecule has 0 saturated heterocycles. The first-order chi connectivity index (χ1) is 5.84. The number of benzene rings is 1. The zero-order chi connectivity index (χ0) is 8.81.